The summed E-state index contributed by atoms with van der Waals surface area (Å²) in [7, 11) is -3.70. The minimum absolute atomic E-state index is 0.0974. The van der Waals surface area contributed by atoms with E-state index in [0.29, 0.717) is 24.2 Å². The Balaban J connectivity index is 1.65. The Bertz CT molecular complexity index is 898. The first-order valence-electron chi connectivity index (χ1n) is 8.28. The summed E-state index contributed by atoms with van der Waals surface area (Å²) in [5.41, 5.74) is 0.717. The Morgan fingerprint density at radius 3 is 2.58 bits per heavy atom. The number of aryl methyl sites for hydroxylation is 2. The number of nitrogens with one attached hydrogen (secondary N) is 1. The molecule has 0 spiro atoms. The molecule has 0 bridgehead atoms. The van der Waals surface area contributed by atoms with Crippen molar-refractivity contribution in [3.63, 3.8) is 0 Å². The summed E-state index contributed by atoms with van der Waals surface area (Å²) in [6.45, 7) is 3.61. The summed E-state index contributed by atoms with van der Waals surface area (Å²) in [5.74, 6) is -0.726. The topological polar surface area (TPSA) is 92.5 Å². The number of carbonyl (C=O) groups is 1. The summed E-state index contributed by atoms with van der Waals surface area (Å²) in [6.07, 6.45) is 0.785. The molecule has 0 aliphatic carbocycles. The van der Waals surface area contributed by atoms with Gasteiger partial charge in [-0.15, -0.1) is 0 Å². The van der Waals surface area contributed by atoms with E-state index in [4.69, 9.17) is 4.52 Å². The van der Waals surface area contributed by atoms with E-state index >= 15 is 0 Å². The van der Waals surface area contributed by atoms with Gasteiger partial charge in [-0.05, 0) is 44.9 Å². The van der Waals surface area contributed by atoms with Crippen LogP contribution in [0.25, 0.3) is 0 Å². The number of benzene rings is 1. The van der Waals surface area contributed by atoms with Crippen LogP contribution in [-0.2, 0) is 14.8 Å². The first-order valence-corrected chi connectivity index (χ1v) is 9.72. The molecule has 2 aromatic rings. The van der Waals surface area contributed by atoms with Crippen LogP contribution in [0.3, 0.4) is 0 Å². The van der Waals surface area contributed by atoms with E-state index in [-0.39, 0.29) is 35.6 Å². The second-order valence-electron chi connectivity index (χ2n) is 6.33. The van der Waals surface area contributed by atoms with E-state index in [1.807, 2.05) is 0 Å². The fraction of sp³-hybridized carbons (Fsp3) is 0.412. The molecule has 1 saturated heterocycles. The van der Waals surface area contributed by atoms with Gasteiger partial charge in [0.2, 0.25) is 15.9 Å². The Morgan fingerprint density at radius 2 is 2.00 bits per heavy atom. The van der Waals surface area contributed by atoms with Gasteiger partial charge in [0.15, 0.2) is 5.76 Å². The number of nitrogens with zero attached hydrogens (tertiary/aromatic N) is 2. The van der Waals surface area contributed by atoms with Crippen molar-refractivity contribution >= 4 is 21.6 Å². The molecule has 1 aromatic carbocycles. The summed E-state index contributed by atoms with van der Waals surface area (Å²) in [5, 5.41) is 6.38. The number of rotatable bonds is 4. The highest BCUT2D eigenvalue weighted by molar-refractivity contribution is 7.89. The lowest BCUT2D eigenvalue weighted by Crippen LogP contribution is -2.41. The molecule has 0 unspecified atom stereocenters. The van der Waals surface area contributed by atoms with Gasteiger partial charge in [-0.2, -0.15) is 4.31 Å². The maximum atomic E-state index is 13.2. The van der Waals surface area contributed by atoms with Crippen molar-refractivity contribution in [2.45, 2.75) is 31.6 Å². The average Bonchev–Trinajstić information content (AvgIpc) is 2.94. The van der Waals surface area contributed by atoms with Gasteiger partial charge in [0.25, 0.3) is 0 Å². The van der Waals surface area contributed by atoms with Crippen molar-refractivity contribution in [2.75, 3.05) is 18.4 Å². The van der Waals surface area contributed by atoms with Gasteiger partial charge in [-0.1, -0.05) is 11.2 Å². The fourth-order valence-electron chi connectivity index (χ4n) is 3.14. The van der Waals surface area contributed by atoms with Crippen molar-refractivity contribution < 1.29 is 22.1 Å². The van der Waals surface area contributed by atoms with Gasteiger partial charge in [0.05, 0.1) is 0 Å². The van der Waals surface area contributed by atoms with Crippen molar-refractivity contribution in [1.29, 1.82) is 0 Å². The van der Waals surface area contributed by atoms with E-state index in [1.54, 1.807) is 19.9 Å². The number of sulfonamides is 1. The Morgan fingerprint density at radius 1 is 1.31 bits per heavy atom. The van der Waals surface area contributed by atoms with E-state index in [9.17, 15) is 17.6 Å². The third-order valence-corrected chi connectivity index (χ3v) is 6.63. The highest BCUT2D eigenvalue weighted by Gasteiger charge is 2.35. The van der Waals surface area contributed by atoms with Gasteiger partial charge >= 0.3 is 0 Å². The molecule has 2 heterocycles. The number of piperidine rings is 1. The number of aromatic nitrogens is 1. The molecule has 1 amide bonds. The van der Waals surface area contributed by atoms with E-state index in [1.165, 1.54) is 22.5 Å². The van der Waals surface area contributed by atoms with Crippen molar-refractivity contribution in [1.82, 2.24) is 9.46 Å². The SMILES string of the molecule is Cc1noc(C)c1S(=O)(=O)N1CCC(C(=O)Nc2cccc(F)c2)CC1. The molecule has 1 aliphatic heterocycles. The third kappa shape index (κ3) is 3.63. The lowest BCUT2D eigenvalue weighted by atomic mass is 9.97. The van der Waals surface area contributed by atoms with Crippen LogP contribution in [0.2, 0.25) is 0 Å². The Labute approximate surface area is 151 Å². The first-order chi connectivity index (χ1) is 12.3. The monoisotopic (exact) mass is 381 g/mol. The van der Waals surface area contributed by atoms with Gasteiger partial charge in [0, 0.05) is 24.7 Å². The zero-order valence-electron chi connectivity index (χ0n) is 14.5. The quantitative estimate of drug-likeness (QED) is 0.878. The minimum Gasteiger partial charge on any atom is -0.360 e. The summed E-state index contributed by atoms with van der Waals surface area (Å²) >= 11 is 0. The van der Waals surface area contributed by atoms with Gasteiger partial charge < -0.3 is 9.84 Å². The molecule has 3 rings (SSSR count). The molecule has 9 heteroatoms. The second-order valence-corrected chi connectivity index (χ2v) is 8.21. The predicted molar refractivity (Wildman–Crippen MR) is 92.5 cm³/mol. The molecule has 0 radical (unpaired) electrons. The highest BCUT2D eigenvalue weighted by atomic mass is 32.2. The first kappa shape index (κ1) is 18.5. The summed E-state index contributed by atoms with van der Waals surface area (Å²) in [6, 6.07) is 5.67. The Kier molecular flexibility index (Phi) is 5.10. The molecule has 0 saturated carbocycles. The molecule has 7 nitrogen and oxygen atoms in total. The normalized spacial score (nSPS) is 16.6. The zero-order valence-corrected chi connectivity index (χ0v) is 15.3. The van der Waals surface area contributed by atoms with E-state index < -0.39 is 15.8 Å². The van der Waals surface area contributed by atoms with Crippen LogP contribution >= 0.6 is 0 Å². The largest absolute Gasteiger partial charge is 0.360 e. The van der Waals surface area contributed by atoms with E-state index in [2.05, 4.69) is 10.5 Å². The Hall–Kier alpha value is -2.26. The zero-order chi connectivity index (χ0) is 18.9. The number of hydrogen-bond acceptors (Lipinski definition) is 5. The number of halogens is 1. The van der Waals surface area contributed by atoms with Crippen molar-refractivity contribution in [3.8, 4) is 0 Å². The summed E-state index contributed by atoms with van der Waals surface area (Å²) in [4.78, 5) is 12.4. The van der Waals surface area contributed by atoms with Crippen LogP contribution < -0.4 is 5.32 Å². The predicted octanol–water partition coefficient (Wildman–Crippen LogP) is 2.47. The smallest absolute Gasteiger partial charge is 0.248 e. The summed E-state index contributed by atoms with van der Waals surface area (Å²) < 4.78 is 45.1. The number of hydrogen-bond donors (Lipinski definition) is 1. The molecule has 1 fully saturated rings. The molecule has 140 valence electrons. The number of amides is 1. The van der Waals surface area contributed by atoms with Crippen LogP contribution in [0.15, 0.2) is 33.7 Å². The standard InChI is InChI=1S/C17H20FN3O4S/c1-11-16(12(2)25-20-11)26(23,24)21-8-6-13(7-9-21)17(22)19-15-5-3-4-14(18)10-15/h3-5,10,13H,6-9H2,1-2H3,(H,19,22). The lowest BCUT2D eigenvalue weighted by Gasteiger charge is -2.30. The lowest BCUT2D eigenvalue weighted by molar-refractivity contribution is -0.120. The molecule has 0 atom stereocenters. The molecular formula is C17H20FN3O4S. The van der Waals surface area contributed by atoms with Gasteiger partial charge in [-0.3, -0.25) is 4.79 Å². The average molecular weight is 381 g/mol. The third-order valence-electron chi connectivity index (χ3n) is 4.48. The molecular weight excluding hydrogens is 361 g/mol. The van der Waals surface area contributed by atoms with Gasteiger partial charge in [-0.25, -0.2) is 12.8 Å². The van der Waals surface area contributed by atoms with Crippen LogP contribution in [0.5, 0.6) is 0 Å². The molecule has 26 heavy (non-hydrogen) atoms. The second kappa shape index (κ2) is 7.16. The van der Waals surface area contributed by atoms with Crippen LogP contribution in [0, 0.1) is 25.6 Å². The number of anilines is 1. The van der Waals surface area contributed by atoms with Gasteiger partial charge in [0.1, 0.15) is 16.4 Å². The van der Waals surface area contributed by atoms with Crippen LogP contribution in [0.4, 0.5) is 10.1 Å². The minimum atomic E-state index is -3.70. The molecule has 1 aliphatic rings. The maximum Gasteiger partial charge on any atom is 0.248 e. The highest BCUT2D eigenvalue weighted by Crippen LogP contribution is 2.28. The van der Waals surface area contributed by atoms with Crippen molar-refractivity contribution in [2.24, 2.45) is 5.92 Å². The van der Waals surface area contributed by atoms with Crippen LogP contribution in [0.1, 0.15) is 24.3 Å². The molecule has 1 N–H and O–H groups in total. The maximum absolute atomic E-state index is 13.2. The number of carbonyl (C=O) groups excluding carboxylic acids is 1. The molecule has 1 aromatic heterocycles. The van der Waals surface area contributed by atoms with Crippen LogP contribution in [-0.4, -0.2) is 36.9 Å². The van der Waals surface area contributed by atoms with Crippen molar-refractivity contribution in [3.05, 3.63) is 41.5 Å². The fourth-order valence-corrected chi connectivity index (χ4v) is 4.90. The van der Waals surface area contributed by atoms with E-state index in [0.717, 1.165) is 0 Å².